The molecule has 3 rings (SSSR count). The van der Waals surface area contributed by atoms with Gasteiger partial charge in [-0.05, 0) is 29.2 Å². The first-order valence-corrected chi connectivity index (χ1v) is 11.1. The molecule has 196 valence electrons. The van der Waals surface area contributed by atoms with Crippen molar-refractivity contribution >= 4 is 40.2 Å². The Bertz CT molecular complexity index is 1210. The maximum atomic E-state index is 15.1. The van der Waals surface area contributed by atoms with Gasteiger partial charge in [0.2, 0.25) is 5.91 Å². The predicted octanol–water partition coefficient (Wildman–Crippen LogP) is 4.73. The zero-order chi connectivity index (χ0) is 26.2. The van der Waals surface area contributed by atoms with E-state index in [2.05, 4.69) is 0 Å². The second kappa shape index (κ2) is 10.9. The van der Waals surface area contributed by atoms with Gasteiger partial charge in [0.1, 0.15) is 11.6 Å². The Morgan fingerprint density at radius 2 is 1.69 bits per heavy atom. The van der Waals surface area contributed by atoms with Gasteiger partial charge in [0.15, 0.2) is 23.1 Å². The molecule has 2 aromatic rings. The molecule has 1 N–H and O–H groups in total. The minimum absolute atomic E-state index is 0. The molecule has 10 heteroatoms. The molecule has 0 bridgehead atoms. The van der Waals surface area contributed by atoms with Crippen molar-refractivity contribution in [2.45, 2.75) is 39.7 Å². The fourth-order valence-electron chi connectivity index (χ4n) is 4.19. The van der Waals surface area contributed by atoms with Crippen LogP contribution in [-0.4, -0.2) is 57.3 Å². The number of Topliss-reactive ketones (excluding diaryl/α,β-unsaturated/α-hetero) is 1. The number of carbonyl (C=O) groups excluding carboxylic acids is 2. The summed E-state index contributed by atoms with van der Waals surface area (Å²) in [5.74, 6) is -0.591. The SMILES string of the molecule is Br.COc1cc2c(c(F)c1OC)C(=N)N(CC(=O)c1cc(N(C)C(C)=O)c(OC)c(C(C)(C)C)c1)C2. The van der Waals surface area contributed by atoms with Crippen molar-refractivity contribution in [1.29, 1.82) is 5.41 Å². The van der Waals surface area contributed by atoms with E-state index in [4.69, 9.17) is 19.6 Å². The molecule has 0 unspecified atom stereocenters. The van der Waals surface area contributed by atoms with Gasteiger partial charge in [0.25, 0.3) is 0 Å². The van der Waals surface area contributed by atoms with Crippen LogP contribution in [0.5, 0.6) is 17.2 Å². The molecule has 36 heavy (non-hydrogen) atoms. The van der Waals surface area contributed by atoms with Crippen molar-refractivity contribution in [3.63, 3.8) is 0 Å². The number of fused-ring (bicyclic) bond motifs is 1. The molecule has 0 atom stereocenters. The quantitative estimate of drug-likeness (QED) is 0.488. The van der Waals surface area contributed by atoms with Crippen LogP contribution in [0.1, 0.15) is 54.7 Å². The third kappa shape index (κ3) is 5.18. The highest BCUT2D eigenvalue weighted by atomic mass is 79.9. The van der Waals surface area contributed by atoms with Crippen LogP contribution in [0.25, 0.3) is 0 Å². The van der Waals surface area contributed by atoms with E-state index in [1.54, 1.807) is 25.2 Å². The zero-order valence-corrected chi connectivity index (χ0v) is 23.6. The number of rotatable bonds is 7. The molecule has 1 amide bonds. The molecular weight excluding hydrogens is 533 g/mol. The molecule has 0 fully saturated rings. The Balaban J connectivity index is 0.00000456. The summed E-state index contributed by atoms with van der Waals surface area (Å²) < 4.78 is 31.1. The van der Waals surface area contributed by atoms with Gasteiger partial charge in [-0.25, -0.2) is 4.39 Å². The lowest BCUT2D eigenvalue weighted by Crippen LogP contribution is -2.31. The first-order chi connectivity index (χ1) is 16.3. The van der Waals surface area contributed by atoms with Crippen molar-refractivity contribution in [1.82, 2.24) is 4.90 Å². The van der Waals surface area contributed by atoms with Crippen LogP contribution < -0.4 is 19.1 Å². The van der Waals surface area contributed by atoms with E-state index in [1.165, 1.54) is 38.1 Å². The Kier molecular flexibility index (Phi) is 8.78. The minimum Gasteiger partial charge on any atom is -0.494 e. The van der Waals surface area contributed by atoms with Gasteiger partial charge in [-0.2, -0.15) is 0 Å². The van der Waals surface area contributed by atoms with Gasteiger partial charge in [0, 0.05) is 31.6 Å². The van der Waals surface area contributed by atoms with Crippen molar-refractivity contribution in [3.05, 3.63) is 46.3 Å². The number of halogens is 2. The van der Waals surface area contributed by atoms with Gasteiger partial charge in [-0.3, -0.25) is 15.0 Å². The third-order valence-corrected chi connectivity index (χ3v) is 6.18. The summed E-state index contributed by atoms with van der Waals surface area (Å²) in [7, 11) is 5.90. The summed E-state index contributed by atoms with van der Waals surface area (Å²) in [6.45, 7) is 7.45. The molecule has 2 aromatic carbocycles. The number of nitrogens with zero attached hydrogens (tertiary/aromatic N) is 2. The number of nitrogens with one attached hydrogen (secondary N) is 1. The molecule has 1 aliphatic heterocycles. The van der Waals surface area contributed by atoms with Gasteiger partial charge < -0.3 is 24.0 Å². The van der Waals surface area contributed by atoms with Crippen LogP contribution in [-0.2, 0) is 16.8 Å². The molecule has 0 spiro atoms. The summed E-state index contributed by atoms with van der Waals surface area (Å²) in [6, 6.07) is 5.01. The molecule has 0 saturated heterocycles. The van der Waals surface area contributed by atoms with Gasteiger partial charge >= 0.3 is 0 Å². The van der Waals surface area contributed by atoms with Crippen LogP contribution in [0.3, 0.4) is 0 Å². The predicted molar refractivity (Wildman–Crippen MR) is 142 cm³/mol. The molecule has 0 radical (unpaired) electrons. The number of hydrogen-bond acceptors (Lipinski definition) is 6. The summed E-state index contributed by atoms with van der Waals surface area (Å²) in [6.07, 6.45) is 0. The van der Waals surface area contributed by atoms with E-state index in [0.717, 1.165) is 5.56 Å². The second-order valence-electron chi connectivity index (χ2n) is 9.49. The third-order valence-electron chi connectivity index (χ3n) is 6.18. The van der Waals surface area contributed by atoms with E-state index >= 15 is 4.39 Å². The molecule has 8 nitrogen and oxygen atoms in total. The van der Waals surface area contributed by atoms with Crippen molar-refractivity contribution < 1.29 is 28.2 Å². The van der Waals surface area contributed by atoms with Crippen LogP contribution in [0, 0.1) is 11.2 Å². The summed E-state index contributed by atoms with van der Waals surface area (Å²) in [4.78, 5) is 28.5. The van der Waals surface area contributed by atoms with Crippen molar-refractivity contribution in [2.24, 2.45) is 0 Å². The average Bonchev–Trinajstić information content (AvgIpc) is 3.11. The van der Waals surface area contributed by atoms with Gasteiger partial charge in [-0.1, -0.05) is 20.8 Å². The van der Waals surface area contributed by atoms with E-state index in [1.807, 2.05) is 20.8 Å². The first-order valence-electron chi connectivity index (χ1n) is 11.1. The smallest absolute Gasteiger partial charge is 0.223 e. The fourth-order valence-corrected chi connectivity index (χ4v) is 4.19. The molecule has 1 heterocycles. The van der Waals surface area contributed by atoms with E-state index < -0.39 is 5.82 Å². The van der Waals surface area contributed by atoms with Crippen LogP contribution in [0.4, 0.5) is 10.1 Å². The fraction of sp³-hybridized carbons (Fsp3) is 0.423. The lowest BCUT2D eigenvalue weighted by Gasteiger charge is -2.28. The molecule has 0 saturated carbocycles. The summed E-state index contributed by atoms with van der Waals surface area (Å²) in [5, 5.41) is 8.52. The van der Waals surface area contributed by atoms with E-state index in [9.17, 15) is 9.59 Å². The number of methoxy groups -OCH3 is 3. The van der Waals surface area contributed by atoms with Crippen LogP contribution in [0.2, 0.25) is 0 Å². The number of carbonyl (C=O) groups is 2. The molecule has 1 aliphatic rings. The number of ketones is 1. The van der Waals surface area contributed by atoms with E-state index in [-0.39, 0.29) is 70.1 Å². The molecular formula is C26H33BrFN3O5. The van der Waals surface area contributed by atoms with Gasteiger partial charge in [0.05, 0.1) is 39.1 Å². The Morgan fingerprint density at radius 1 is 1.08 bits per heavy atom. The molecule has 0 aliphatic carbocycles. The summed E-state index contributed by atoms with van der Waals surface area (Å²) in [5.41, 5.74) is 1.89. The largest absolute Gasteiger partial charge is 0.494 e. The zero-order valence-electron chi connectivity index (χ0n) is 21.9. The highest BCUT2D eigenvalue weighted by molar-refractivity contribution is 8.93. The topological polar surface area (TPSA) is 92.2 Å². The number of benzene rings is 2. The lowest BCUT2D eigenvalue weighted by atomic mass is 9.84. The molecule has 0 aromatic heterocycles. The van der Waals surface area contributed by atoms with Crippen LogP contribution >= 0.6 is 17.0 Å². The Hall–Kier alpha value is -3.14. The Labute approximate surface area is 221 Å². The number of amidine groups is 1. The number of amides is 1. The first kappa shape index (κ1) is 29.1. The standard InChI is InChI=1S/C26H32FN3O5.BrH/c1-14(31)29(5)18-10-15(9-17(23(18)34-7)26(2,3)4)19(32)13-30-12-16-11-20(33-6)24(35-8)22(27)21(16)25(30)28;/h9-11,28H,12-13H2,1-8H3;1H. The maximum absolute atomic E-state index is 15.1. The maximum Gasteiger partial charge on any atom is 0.223 e. The monoisotopic (exact) mass is 565 g/mol. The Morgan fingerprint density at radius 3 is 2.19 bits per heavy atom. The highest BCUT2D eigenvalue weighted by Gasteiger charge is 2.33. The average molecular weight is 566 g/mol. The van der Waals surface area contributed by atoms with Gasteiger partial charge in [-0.15, -0.1) is 17.0 Å². The lowest BCUT2D eigenvalue weighted by molar-refractivity contribution is -0.116. The normalized spacial score (nSPS) is 12.6. The van der Waals surface area contributed by atoms with Crippen molar-refractivity contribution in [2.75, 3.05) is 39.8 Å². The van der Waals surface area contributed by atoms with Crippen LogP contribution in [0.15, 0.2) is 18.2 Å². The number of hydrogen-bond donors (Lipinski definition) is 1. The second-order valence-corrected chi connectivity index (χ2v) is 9.49. The highest BCUT2D eigenvalue weighted by Crippen LogP contribution is 2.41. The minimum atomic E-state index is -0.688. The number of anilines is 1. The van der Waals surface area contributed by atoms with E-state index in [0.29, 0.717) is 22.6 Å². The van der Waals surface area contributed by atoms with Crippen molar-refractivity contribution in [3.8, 4) is 17.2 Å². The number of ether oxygens (including phenoxy) is 3. The summed E-state index contributed by atoms with van der Waals surface area (Å²) >= 11 is 0.